The molecular weight excluding hydrogens is 346 g/mol. The summed E-state index contributed by atoms with van der Waals surface area (Å²) in [7, 11) is 4.68. The normalized spacial score (nSPS) is 16.1. The third-order valence-corrected chi connectivity index (χ3v) is 4.55. The molecule has 1 amide bonds. The van der Waals surface area contributed by atoms with Crippen LogP contribution in [0.5, 0.6) is 17.2 Å². The minimum Gasteiger partial charge on any atom is -0.493 e. The van der Waals surface area contributed by atoms with E-state index in [9.17, 15) is 4.79 Å². The summed E-state index contributed by atoms with van der Waals surface area (Å²) >= 11 is 0. The van der Waals surface area contributed by atoms with E-state index in [0.29, 0.717) is 29.4 Å². The van der Waals surface area contributed by atoms with Crippen molar-refractivity contribution in [2.45, 2.75) is 19.4 Å². The number of methoxy groups -OCH3 is 3. The number of amides is 1. The van der Waals surface area contributed by atoms with Crippen molar-refractivity contribution >= 4 is 17.3 Å². The molecule has 0 bridgehead atoms. The molecule has 2 aromatic rings. The lowest BCUT2D eigenvalue weighted by atomic mass is 9.97. The van der Waals surface area contributed by atoms with Crippen LogP contribution >= 0.6 is 0 Å². The van der Waals surface area contributed by atoms with Crippen LogP contribution in [-0.2, 0) is 4.79 Å². The molecule has 27 heavy (non-hydrogen) atoms. The molecule has 142 valence electrons. The van der Waals surface area contributed by atoms with E-state index < -0.39 is 0 Å². The number of ether oxygens (including phenoxy) is 3. The van der Waals surface area contributed by atoms with Gasteiger partial charge >= 0.3 is 0 Å². The SMILES string of the molecule is COc1cc(C2CC(c3ccc(N)cc3)=NN2C(C)=O)cc(OC)c1OC. The largest absolute Gasteiger partial charge is 0.493 e. The van der Waals surface area contributed by atoms with Gasteiger partial charge in [-0.15, -0.1) is 0 Å². The number of nitrogens with two attached hydrogens (primary N) is 1. The molecule has 1 heterocycles. The van der Waals surface area contributed by atoms with Crippen LogP contribution in [0.15, 0.2) is 41.5 Å². The van der Waals surface area contributed by atoms with Crippen molar-refractivity contribution in [1.29, 1.82) is 0 Å². The van der Waals surface area contributed by atoms with Gasteiger partial charge in [0.15, 0.2) is 11.5 Å². The lowest BCUT2D eigenvalue weighted by Crippen LogP contribution is -2.24. The minimum absolute atomic E-state index is 0.140. The smallest absolute Gasteiger partial charge is 0.240 e. The zero-order chi connectivity index (χ0) is 19.6. The Bertz CT molecular complexity index is 852. The van der Waals surface area contributed by atoms with Crippen molar-refractivity contribution in [3.8, 4) is 17.2 Å². The van der Waals surface area contributed by atoms with Gasteiger partial charge in [-0.1, -0.05) is 12.1 Å². The summed E-state index contributed by atoms with van der Waals surface area (Å²) in [6.07, 6.45) is 0.572. The summed E-state index contributed by atoms with van der Waals surface area (Å²) in [4.78, 5) is 12.2. The van der Waals surface area contributed by atoms with E-state index in [-0.39, 0.29) is 11.9 Å². The predicted molar refractivity (Wildman–Crippen MR) is 103 cm³/mol. The summed E-state index contributed by atoms with van der Waals surface area (Å²) in [6, 6.07) is 10.9. The van der Waals surface area contributed by atoms with Gasteiger partial charge in [-0.3, -0.25) is 4.79 Å². The monoisotopic (exact) mass is 369 g/mol. The lowest BCUT2D eigenvalue weighted by Gasteiger charge is -2.22. The van der Waals surface area contributed by atoms with Gasteiger partial charge in [0, 0.05) is 19.0 Å². The molecular formula is C20H23N3O4. The number of benzene rings is 2. The van der Waals surface area contributed by atoms with Gasteiger partial charge in [0.05, 0.1) is 33.1 Å². The summed E-state index contributed by atoms with van der Waals surface area (Å²) < 4.78 is 16.3. The zero-order valence-corrected chi connectivity index (χ0v) is 15.9. The molecule has 7 heteroatoms. The Kier molecular flexibility index (Phi) is 5.21. The Labute approximate surface area is 158 Å². The van der Waals surface area contributed by atoms with Crippen molar-refractivity contribution in [2.24, 2.45) is 5.10 Å². The highest BCUT2D eigenvalue weighted by Crippen LogP contribution is 2.43. The van der Waals surface area contributed by atoms with Crippen LogP contribution in [0, 0.1) is 0 Å². The first kappa shape index (κ1) is 18.6. The Morgan fingerprint density at radius 2 is 1.67 bits per heavy atom. The average Bonchev–Trinajstić information content (AvgIpc) is 3.13. The van der Waals surface area contributed by atoms with Crippen molar-refractivity contribution in [2.75, 3.05) is 27.1 Å². The molecule has 7 nitrogen and oxygen atoms in total. The van der Waals surface area contributed by atoms with Gasteiger partial charge in [-0.25, -0.2) is 5.01 Å². The number of carbonyl (C=O) groups excluding carboxylic acids is 1. The molecule has 2 N–H and O–H groups in total. The predicted octanol–water partition coefficient (Wildman–Crippen LogP) is 2.99. The number of nitrogens with zero attached hydrogens (tertiary/aromatic N) is 2. The molecule has 0 spiro atoms. The number of hydrazone groups is 1. The van der Waals surface area contributed by atoms with Gasteiger partial charge < -0.3 is 19.9 Å². The molecule has 1 aliphatic heterocycles. The van der Waals surface area contributed by atoms with Crippen molar-refractivity contribution in [3.05, 3.63) is 47.5 Å². The fraction of sp³-hybridized carbons (Fsp3) is 0.300. The van der Waals surface area contributed by atoms with Crippen molar-refractivity contribution < 1.29 is 19.0 Å². The Morgan fingerprint density at radius 1 is 1.07 bits per heavy atom. The van der Waals surface area contributed by atoms with E-state index in [1.165, 1.54) is 11.9 Å². The highest BCUT2D eigenvalue weighted by molar-refractivity contribution is 6.03. The molecule has 0 saturated heterocycles. The quantitative estimate of drug-likeness (QED) is 0.819. The molecule has 1 aliphatic rings. The maximum absolute atomic E-state index is 12.2. The van der Waals surface area contributed by atoms with Gasteiger partial charge in [-0.2, -0.15) is 5.10 Å². The molecule has 0 aromatic heterocycles. The first-order chi connectivity index (χ1) is 13.0. The fourth-order valence-electron chi connectivity index (χ4n) is 3.20. The topological polar surface area (TPSA) is 86.4 Å². The van der Waals surface area contributed by atoms with Gasteiger partial charge in [0.1, 0.15) is 0 Å². The van der Waals surface area contributed by atoms with Crippen molar-refractivity contribution in [3.63, 3.8) is 0 Å². The van der Waals surface area contributed by atoms with E-state index in [0.717, 1.165) is 16.8 Å². The molecule has 1 atom stereocenters. The van der Waals surface area contributed by atoms with Gasteiger partial charge in [0.25, 0.3) is 0 Å². The summed E-state index contributed by atoms with van der Waals surface area (Å²) in [5.41, 5.74) is 9.06. The van der Waals surface area contributed by atoms with E-state index >= 15 is 0 Å². The van der Waals surface area contributed by atoms with Crippen molar-refractivity contribution in [1.82, 2.24) is 5.01 Å². The Hall–Kier alpha value is -3.22. The third kappa shape index (κ3) is 3.53. The summed E-state index contributed by atoms with van der Waals surface area (Å²) in [6.45, 7) is 1.50. The van der Waals surface area contributed by atoms with Crippen LogP contribution in [0.1, 0.15) is 30.5 Å². The summed E-state index contributed by atoms with van der Waals surface area (Å²) in [5, 5.41) is 6.04. The number of hydrogen-bond donors (Lipinski definition) is 1. The highest BCUT2D eigenvalue weighted by atomic mass is 16.5. The second-order valence-corrected chi connectivity index (χ2v) is 6.21. The molecule has 0 radical (unpaired) electrons. The minimum atomic E-state index is -0.260. The Morgan fingerprint density at radius 3 is 2.15 bits per heavy atom. The molecule has 0 fully saturated rings. The lowest BCUT2D eigenvalue weighted by molar-refractivity contribution is -0.130. The molecule has 1 unspecified atom stereocenters. The maximum Gasteiger partial charge on any atom is 0.240 e. The standard InChI is InChI=1S/C20H23N3O4/c1-12(24)23-17(11-16(22-23)13-5-7-15(21)8-6-13)14-9-18(25-2)20(27-4)19(10-14)26-3/h5-10,17H,11,21H2,1-4H3. The van der Waals surface area contributed by atoms with E-state index in [1.807, 2.05) is 36.4 Å². The first-order valence-electron chi connectivity index (χ1n) is 8.51. The van der Waals surface area contributed by atoms with Gasteiger partial charge in [0.2, 0.25) is 11.7 Å². The first-order valence-corrected chi connectivity index (χ1v) is 8.51. The molecule has 0 saturated carbocycles. The third-order valence-electron chi connectivity index (χ3n) is 4.55. The number of anilines is 1. The van der Waals surface area contributed by atoms with E-state index in [2.05, 4.69) is 5.10 Å². The Balaban J connectivity index is 2.01. The van der Waals surface area contributed by atoms with E-state index in [4.69, 9.17) is 19.9 Å². The fourth-order valence-corrected chi connectivity index (χ4v) is 3.20. The maximum atomic E-state index is 12.2. The second-order valence-electron chi connectivity index (χ2n) is 6.21. The van der Waals surface area contributed by atoms with Crippen LogP contribution in [0.25, 0.3) is 0 Å². The second kappa shape index (κ2) is 7.57. The van der Waals surface area contributed by atoms with Crippen LogP contribution in [0.4, 0.5) is 5.69 Å². The van der Waals surface area contributed by atoms with Crippen LogP contribution in [0.3, 0.4) is 0 Å². The van der Waals surface area contributed by atoms with Crippen LogP contribution in [-0.4, -0.2) is 38.0 Å². The average molecular weight is 369 g/mol. The molecule has 3 rings (SSSR count). The van der Waals surface area contributed by atoms with E-state index in [1.54, 1.807) is 21.3 Å². The zero-order valence-electron chi connectivity index (χ0n) is 15.9. The number of carbonyl (C=O) groups is 1. The number of hydrogen-bond acceptors (Lipinski definition) is 6. The molecule has 0 aliphatic carbocycles. The van der Waals surface area contributed by atoms with Crippen LogP contribution in [0.2, 0.25) is 0 Å². The number of rotatable bonds is 5. The van der Waals surface area contributed by atoms with Gasteiger partial charge in [-0.05, 0) is 35.4 Å². The highest BCUT2D eigenvalue weighted by Gasteiger charge is 2.32. The van der Waals surface area contributed by atoms with Crippen LogP contribution < -0.4 is 19.9 Å². The summed E-state index contributed by atoms with van der Waals surface area (Å²) in [5.74, 6) is 1.45. The number of nitrogen functional groups attached to an aromatic ring is 1. The molecule has 2 aromatic carbocycles.